The van der Waals surface area contributed by atoms with Gasteiger partial charge in [0.05, 0.1) is 12.6 Å². The Balaban J connectivity index is 2.56. The molecule has 0 bridgehead atoms. The third-order valence-electron chi connectivity index (χ3n) is 2.89. The van der Waals surface area contributed by atoms with E-state index in [4.69, 9.17) is 0 Å². The Kier molecular flexibility index (Phi) is 6.02. The van der Waals surface area contributed by atoms with Crippen LogP contribution in [0.15, 0.2) is 12.4 Å². The topological polar surface area (TPSA) is 79.3 Å². The van der Waals surface area contributed by atoms with Crippen molar-refractivity contribution in [1.82, 2.24) is 25.1 Å². The Bertz CT molecular complexity index is 455. The van der Waals surface area contributed by atoms with E-state index in [9.17, 15) is 9.59 Å². The van der Waals surface area contributed by atoms with Crippen LogP contribution in [0.25, 0.3) is 0 Å². The highest BCUT2D eigenvalue weighted by Gasteiger charge is 2.18. The number of carbonyl (C=O) groups is 2. The lowest BCUT2D eigenvalue weighted by Gasteiger charge is -2.18. The predicted octanol–water partition coefficient (Wildman–Crippen LogP) is 0.649. The monoisotopic (exact) mass is 281 g/mol. The van der Waals surface area contributed by atoms with E-state index < -0.39 is 0 Å². The SMILES string of the molecule is CCC[C@@H](NC(=O)CNC(=O)N(C)C)c1nccn1C. The smallest absolute Gasteiger partial charge is 0.317 e. The summed E-state index contributed by atoms with van der Waals surface area (Å²) in [5.41, 5.74) is 0. The highest BCUT2D eigenvalue weighted by Crippen LogP contribution is 2.15. The van der Waals surface area contributed by atoms with Crippen LogP contribution in [0.4, 0.5) is 4.79 Å². The molecule has 3 amide bonds. The first-order valence-electron chi connectivity index (χ1n) is 6.67. The van der Waals surface area contributed by atoms with Gasteiger partial charge in [-0.1, -0.05) is 13.3 Å². The van der Waals surface area contributed by atoms with Crippen LogP contribution >= 0.6 is 0 Å². The number of rotatable bonds is 6. The average molecular weight is 281 g/mol. The molecule has 0 unspecified atom stereocenters. The molecule has 0 aromatic carbocycles. The fourth-order valence-corrected chi connectivity index (χ4v) is 1.83. The molecule has 112 valence electrons. The Hall–Kier alpha value is -2.05. The molecular weight excluding hydrogens is 258 g/mol. The van der Waals surface area contributed by atoms with Crippen LogP contribution in [0.5, 0.6) is 0 Å². The second-order valence-electron chi connectivity index (χ2n) is 4.86. The van der Waals surface area contributed by atoms with Crippen LogP contribution < -0.4 is 10.6 Å². The number of aryl methyl sites for hydroxylation is 1. The number of hydrogen-bond donors (Lipinski definition) is 2. The minimum Gasteiger partial charge on any atom is -0.345 e. The zero-order valence-corrected chi connectivity index (χ0v) is 12.5. The maximum atomic E-state index is 11.9. The molecule has 1 aromatic heterocycles. The van der Waals surface area contributed by atoms with Crippen molar-refractivity contribution in [2.75, 3.05) is 20.6 Å². The van der Waals surface area contributed by atoms with Crippen molar-refractivity contribution in [1.29, 1.82) is 0 Å². The van der Waals surface area contributed by atoms with Gasteiger partial charge in [-0.05, 0) is 6.42 Å². The zero-order valence-electron chi connectivity index (χ0n) is 12.5. The summed E-state index contributed by atoms with van der Waals surface area (Å²) in [4.78, 5) is 28.9. The Morgan fingerprint density at radius 1 is 1.45 bits per heavy atom. The minimum atomic E-state index is -0.288. The molecule has 1 atom stereocenters. The molecule has 0 radical (unpaired) electrons. The van der Waals surface area contributed by atoms with Gasteiger partial charge in [0.15, 0.2) is 0 Å². The van der Waals surface area contributed by atoms with Gasteiger partial charge < -0.3 is 20.1 Å². The van der Waals surface area contributed by atoms with E-state index in [1.54, 1.807) is 20.3 Å². The lowest BCUT2D eigenvalue weighted by molar-refractivity contribution is -0.121. The van der Waals surface area contributed by atoms with E-state index in [1.165, 1.54) is 4.90 Å². The summed E-state index contributed by atoms with van der Waals surface area (Å²) in [7, 11) is 5.15. The maximum Gasteiger partial charge on any atom is 0.317 e. The van der Waals surface area contributed by atoms with Crippen LogP contribution in [0.3, 0.4) is 0 Å². The minimum absolute atomic E-state index is 0.0400. The molecule has 1 rings (SSSR count). The number of hydrogen-bond acceptors (Lipinski definition) is 3. The lowest BCUT2D eigenvalue weighted by atomic mass is 10.1. The molecule has 0 aliphatic carbocycles. The number of carbonyl (C=O) groups excluding carboxylic acids is 2. The van der Waals surface area contributed by atoms with Crippen LogP contribution in [0.1, 0.15) is 31.6 Å². The van der Waals surface area contributed by atoms with E-state index in [0.29, 0.717) is 0 Å². The first-order valence-corrected chi connectivity index (χ1v) is 6.67. The van der Waals surface area contributed by atoms with Crippen molar-refractivity contribution in [2.24, 2.45) is 7.05 Å². The Labute approximate surface area is 119 Å². The summed E-state index contributed by atoms with van der Waals surface area (Å²) in [6.07, 6.45) is 5.29. The van der Waals surface area contributed by atoms with Crippen molar-refractivity contribution in [3.05, 3.63) is 18.2 Å². The molecule has 0 fully saturated rings. The lowest BCUT2D eigenvalue weighted by Crippen LogP contribution is -2.42. The fourth-order valence-electron chi connectivity index (χ4n) is 1.83. The van der Waals surface area contributed by atoms with Gasteiger partial charge in [-0.15, -0.1) is 0 Å². The number of urea groups is 1. The Morgan fingerprint density at radius 2 is 2.15 bits per heavy atom. The van der Waals surface area contributed by atoms with Gasteiger partial charge in [0.1, 0.15) is 5.82 Å². The summed E-state index contributed by atoms with van der Waals surface area (Å²) in [5, 5.41) is 5.44. The first-order chi connectivity index (χ1) is 9.45. The first kappa shape index (κ1) is 16.0. The van der Waals surface area contributed by atoms with E-state index >= 15 is 0 Å². The molecule has 0 saturated carbocycles. The quantitative estimate of drug-likeness (QED) is 0.803. The molecule has 0 spiro atoms. The molecule has 2 N–H and O–H groups in total. The molecule has 0 aliphatic heterocycles. The second kappa shape index (κ2) is 7.52. The summed E-state index contributed by atoms with van der Waals surface area (Å²) >= 11 is 0. The summed E-state index contributed by atoms with van der Waals surface area (Å²) < 4.78 is 1.89. The number of nitrogens with one attached hydrogen (secondary N) is 2. The third-order valence-corrected chi connectivity index (χ3v) is 2.89. The van der Waals surface area contributed by atoms with Crippen LogP contribution in [0.2, 0.25) is 0 Å². The van der Waals surface area contributed by atoms with Gasteiger partial charge in [0.25, 0.3) is 0 Å². The largest absolute Gasteiger partial charge is 0.345 e. The summed E-state index contributed by atoms with van der Waals surface area (Å²) in [6.45, 7) is 2.01. The highest BCUT2D eigenvalue weighted by atomic mass is 16.2. The fraction of sp³-hybridized carbons (Fsp3) is 0.615. The van der Waals surface area contributed by atoms with E-state index in [2.05, 4.69) is 22.5 Å². The van der Waals surface area contributed by atoms with E-state index in [1.807, 2.05) is 17.8 Å². The molecule has 0 aliphatic rings. The molecule has 20 heavy (non-hydrogen) atoms. The molecule has 0 saturated heterocycles. The van der Waals surface area contributed by atoms with Crippen molar-refractivity contribution >= 4 is 11.9 Å². The van der Waals surface area contributed by atoms with E-state index in [-0.39, 0.29) is 24.5 Å². The zero-order chi connectivity index (χ0) is 15.1. The second-order valence-corrected chi connectivity index (χ2v) is 4.86. The number of nitrogens with zero attached hydrogens (tertiary/aromatic N) is 3. The highest BCUT2D eigenvalue weighted by molar-refractivity contribution is 5.83. The van der Waals surface area contributed by atoms with Crippen molar-refractivity contribution in [2.45, 2.75) is 25.8 Å². The van der Waals surface area contributed by atoms with Gasteiger partial charge in [-0.3, -0.25) is 4.79 Å². The van der Waals surface area contributed by atoms with Crippen LogP contribution in [0, 0.1) is 0 Å². The van der Waals surface area contributed by atoms with Crippen LogP contribution in [-0.4, -0.2) is 47.0 Å². The molecule has 7 heteroatoms. The standard InChI is InChI=1S/C13H23N5O2/c1-5-6-10(12-14-7-8-18(12)4)16-11(19)9-15-13(20)17(2)3/h7-8,10H,5-6,9H2,1-4H3,(H,15,20)(H,16,19)/t10-/m1/s1. The van der Waals surface area contributed by atoms with Crippen molar-refractivity contribution in [3.8, 4) is 0 Å². The third kappa shape index (κ3) is 4.56. The number of amides is 3. The van der Waals surface area contributed by atoms with Gasteiger partial charge in [0, 0.05) is 33.5 Å². The molecule has 7 nitrogen and oxygen atoms in total. The molecular formula is C13H23N5O2. The van der Waals surface area contributed by atoms with Crippen molar-refractivity contribution in [3.63, 3.8) is 0 Å². The van der Waals surface area contributed by atoms with E-state index in [0.717, 1.165) is 18.7 Å². The van der Waals surface area contributed by atoms with Gasteiger partial charge >= 0.3 is 6.03 Å². The summed E-state index contributed by atoms with van der Waals surface area (Å²) in [5.74, 6) is 0.598. The van der Waals surface area contributed by atoms with Crippen LogP contribution in [-0.2, 0) is 11.8 Å². The maximum absolute atomic E-state index is 11.9. The van der Waals surface area contributed by atoms with Gasteiger partial charge in [-0.25, -0.2) is 9.78 Å². The normalized spacial score (nSPS) is 11.8. The summed E-state index contributed by atoms with van der Waals surface area (Å²) in [6, 6.07) is -0.423. The molecule has 1 aromatic rings. The van der Waals surface area contributed by atoms with Gasteiger partial charge in [0.2, 0.25) is 5.91 Å². The number of aromatic nitrogens is 2. The average Bonchev–Trinajstić information content (AvgIpc) is 2.81. The molecule has 1 heterocycles. The number of imidazole rings is 1. The van der Waals surface area contributed by atoms with Crippen molar-refractivity contribution < 1.29 is 9.59 Å². The predicted molar refractivity (Wildman–Crippen MR) is 76.1 cm³/mol. The Morgan fingerprint density at radius 3 is 2.65 bits per heavy atom. The van der Waals surface area contributed by atoms with Gasteiger partial charge in [-0.2, -0.15) is 0 Å².